The summed E-state index contributed by atoms with van der Waals surface area (Å²) in [5, 5.41) is 3.41. The average Bonchev–Trinajstić information content (AvgIpc) is 2.31. The zero-order valence-corrected chi connectivity index (χ0v) is 9.55. The van der Waals surface area contributed by atoms with E-state index >= 15 is 0 Å². The van der Waals surface area contributed by atoms with Crippen molar-refractivity contribution in [2.24, 2.45) is 0 Å². The Morgan fingerprint density at radius 2 is 2.07 bits per heavy atom. The van der Waals surface area contributed by atoms with Crippen LogP contribution in [0.25, 0.3) is 0 Å². The molecule has 0 aliphatic carbocycles. The average molecular weight is 205 g/mol. The lowest BCUT2D eigenvalue weighted by Crippen LogP contribution is -2.47. The van der Waals surface area contributed by atoms with Gasteiger partial charge in [0.2, 0.25) is 0 Å². The smallest absolute Gasteiger partial charge is 0.105 e. The van der Waals surface area contributed by atoms with Crippen LogP contribution in [0.2, 0.25) is 0 Å². The van der Waals surface area contributed by atoms with Gasteiger partial charge >= 0.3 is 0 Å². The standard InChI is InChI=1S/C13H19NO/c1-3-13(10-14-8-9-15-13)12-6-4-11(2)5-7-12/h4-7,14H,3,8-10H2,1-2H3. The van der Waals surface area contributed by atoms with Crippen LogP contribution in [0.1, 0.15) is 24.5 Å². The Balaban J connectivity index is 2.28. The van der Waals surface area contributed by atoms with Gasteiger partial charge < -0.3 is 10.1 Å². The van der Waals surface area contributed by atoms with Gasteiger partial charge in [0.25, 0.3) is 0 Å². The topological polar surface area (TPSA) is 21.3 Å². The van der Waals surface area contributed by atoms with E-state index in [1.54, 1.807) is 0 Å². The number of hydrogen-bond donors (Lipinski definition) is 1. The number of benzene rings is 1. The maximum atomic E-state index is 5.98. The minimum atomic E-state index is -0.105. The highest BCUT2D eigenvalue weighted by atomic mass is 16.5. The molecule has 0 bridgehead atoms. The summed E-state index contributed by atoms with van der Waals surface area (Å²) in [6.07, 6.45) is 1.02. The van der Waals surface area contributed by atoms with Gasteiger partial charge in [-0.25, -0.2) is 0 Å². The van der Waals surface area contributed by atoms with Crippen LogP contribution in [0, 0.1) is 6.92 Å². The van der Waals surface area contributed by atoms with E-state index in [0.717, 1.165) is 26.1 Å². The first-order valence-corrected chi connectivity index (χ1v) is 5.69. The Kier molecular flexibility index (Phi) is 3.08. The molecule has 0 radical (unpaired) electrons. The van der Waals surface area contributed by atoms with Gasteiger partial charge in [0.1, 0.15) is 5.60 Å². The highest BCUT2D eigenvalue weighted by Gasteiger charge is 2.33. The second-order valence-corrected chi connectivity index (χ2v) is 4.24. The van der Waals surface area contributed by atoms with Crippen molar-refractivity contribution in [3.05, 3.63) is 35.4 Å². The van der Waals surface area contributed by atoms with E-state index in [1.165, 1.54) is 11.1 Å². The van der Waals surface area contributed by atoms with E-state index < -0.39 is 0 Å². The van der Waals surface area contributed by atoms with Crippen molar-refractivity contribution in [1.29, 1.82) is 0 Å². The van der Waals surface area contributed by atoms with Crippen molar-refractivity contribution in [2.75, 3.05) is 19.7 Å². The second-order valence-electron chi connectivity index (χ2n) is 4.24. The van der Waals surface area contributed by atoms with E-state index in [0.29, 0.717) is 0 Å². The highest BCUT2D eigenvalue weighted by molar-refractivity contribution is 5.27. The summed E-state index contributed by atoms with van der Waals surface area (Å²) in [5.41, 5.74) is 2.49. The number of morpholine rings is 1. The number of hydrogen-bond acceptors (Lipinski definition) is 2. The molecule has 1 aromatic carbocycles. The summed E-state index contributed by atoms with van der Waals surface area (Å²) < 4.78 is 5.98. The number of nitrogens with one attached hydrogen (secondary N) is 1. The summed E-state index contributed by atoms with van der Waals surface area (Å²) in [6.45, 7) is 7.00. The normalized spacial score (nSPS) is 26.5. The third-order valence-electron chi connectivity index (χ3n) is 3.22. The molecule has 0 amide bonds. The first-order valence-electron chi connectivity index (χ1n) is 5.69. The summed E-state index contributed by atoms with van der Waals surface area (Å²) in [7, 11) is 0. The molecule has 1 atom stereocenters. The molecule has 0 spiro atoms. The summed E-state index contributed by atoms with van der Waals surface area (Å²) in [5.74, 6) is 0. The minimum Gasteiger partial charge on any atom is -0.368 e. The van der Waals surface area contributed by atoms with Crippen LogP contribution in [0.5, 0.6) is 0 Å². The molecular weight excluding hydrogens is 186 g/mol. The van der Waals surface area contributed by atoms with Gasteiger partial charge in [-0.3, -0.25) is 0 Å². The van der Waals surface area contributed by atoms with E-state index in [2.05, 4.69) is 43.4 Å². The first kappa shape index (κ1) is 10.7. The van der Waals surface area contributed by atoms with Gasteiger partial charge in [-0.2, -0.15) is 0 Å². The van der Waals surface area contributed by atoms with Crippen LogP contribution in [0.15, 0.2) is 24.3 Å². The van der Waals surface area contributed by atoms with Gasteiger partial charge in [0.05, 0.1) is 6.61 Å². The van der Waals surface area contributed by atoms with E-state index in [9.17, 15) is 0 Å². The van der Waals surface area contributed by atoms with Crippen molar-refractivity contribution in [1.82, 2.24) is 5.32 Å². The van der Waals surface area contributed by atoms with Gasteiger partial charge in [-0.05, 0) is 18.9 Å². The van der Waals surface area contributed by atoms with Crippen molar-refractivity contribution < 1.29 is 4.74 Å². The number of ether oxygens (including phenoxy) is 1. The fourth-order valence-corrected chi connectivity index (χ4v) is 2.13. The van der Waals surface area contributed by atoms with Crippen LogP contribution in [0.4, 0.5) is 0 Å². The van der Waals surface area contributed by atoms with Crippen LogP contribution in [0.3, 0.4) is 0 Å². The Bertz CT molecular complexity index is 312. The monoisotopic (exact) mass is 205 g/mol. The molecule has 2 heteroatoms. The number of aryl methyl sites for hydroxylation is 1. The molecule has 1 N–H and O–H groups in total. The van der Waals surface area contributed by atoms with Crippen LogP contribution in [-0.2, 0) is 10.3 Å². The molecule has 1 fully saturated rings. The molecular formula is C13H19NO. The van der Waals surface area contributed by atoms with Crippen molar-refractivity contribution >= 4 is 0 Å². The SMILES string of the molecule is CCC1(c2ccc(C)cc2)CNCCO1. The molecule has 1 aromatic rings. The molecule has 1 aliphatic heterocycles. The van der Waals surface area contributed by atoms with Crippen molar-refractivity contribution in [3.8, 4) is 0 Å². The van der Waals surface area contributed by atoms with Crippen LogP contribution in [-0.4, -0.2) is 19.7 Å². The highest BCUT2D eigenvalue weighted by Crippen LogP contribution is 2.30. The Labute approximate surface area is 91.6 Å². The quantitative estimate of drug-likeness (QED) is 0.799. The predicted molar refractivity (Wildman–Crippen MR) is 62.0 cm³/mol. The van der Waals surface area contributed by atoms with Crippen molar-refractivity contribution in [2.45, 2.75) is 25.9 Å². The van der Waals surface area contributed by atoms with Gasteiger partial charge in [0.15, 0.2) is 0 Å². The van der Waals surface area contributed by atoms with Crippen LogP contribution < -0.4 is 5.32 Å². The molecule has 0 aromatic heterocycles. The largest absolute Gasteiger partial charge is 0.368 e. The molecule has 1 heterocycles. The molecule has 1 saturated heterocycles. The van der Waals surface area contributed by atoms with E-state index in [-0.39, 0.29) is 5.60 Å². The molecule has 0 saturated carbocycles. The Morgan fingerprint density at radius 3 is 2.60 bits per heavy atom. The van der Waals surface area contributed by atoms with Crippen LogP contribution >= 0.6 is 0 Å². The third-order valence-corrected chi connectivity index (χ3v) is 3.22. The first-order chi connectivity index (χ1) is 7.27. The third kappa shape index (κ3) is 2.06. The zero-order chi connectivity index (χ0) is 10.7. The molecule has 2 rings (SSSR count). The fourth-order valence-electron chi connectivity index (χ4n) is 2.13. The van der Waals surface area contributed by atoms with Gasteiger partial charge in [-0.15, -0.1) is 0 Å². The molecule has 1 unspecified atom stereocenters. The lowest BCUT2D eigenvalue weighted by Gasteiger charge is -2.37. The Hall–Kier alpha value is -0.860. The summed E-state index contributed by atoms with van der Waals surface area (Å²) >= 11 is 0. The fraction of sp³-hybridized carbons (Fsp3) is 0.538. The van der Waals surface area contributed by atoms with Gasteiger partial charge in [0, 0.05) is 13.1 Å². The Morgan fingerprint density at radius 1 is 1.33 bits per heavy atom. The zero-order valence-electron chi connectivity index (χ0n) is 9.55. The summed E-state index contributed by atoms with van der Waals surface area (Å²) in [6, 6.07) is 8.69. The molecule has 82 valence electrons. The van der Waals surface area contributed by atoms with Gasteiger partial charge in [-0.1, -0.05) is 36.8 Å². The maximum absolute atomic E-state index is 5.98. The predicted octanol–water partition coefficient (Wildman–Crippen LogP) is 2.22. The van der Waals surface area contributed by atoms with Crippen molar-refractivity contribution in [3.63, 3.8) is 0 Å². The van der Waals surface area contributed by atoms with E-state index in [1.807, 2.05) is 0 Å². The molecule has 15 heavy (non-hydrogen) atoms. The molecule has 1 aliphatic rings. The lowest BCUT2D eigenvalue weighted by molar-refractivity contribution is -0.0737. The molecule has 2 nitrogen and oxygen atoms in total. The number of rotatable bonds is 2. The van der Waals surface area contributed by atoms with E-state index in [4.69, 9.17) is 4.74 Å². The minimum absolute atomic E-state index is 0.105. The summed E-state index contributed by atoms with van der Waals surface area (Å²) in [4.78, 5) is 0. The maximum Gasteiger partial charge on any atom is 0.105 e. The second kappa shape index (κ2) is 4.33. The lowest BCUT2D eigenvalue weighted by atomic mass is 9.89.